The highest BCUT2D eigenvalue weighted by Gasteiger charge is 2.12. The second-order valence-electron chi connectivity index (χ2n) is 5.72. The third-order valence-corrected chi connectivity index (χ3v) is 3.61. The molecule has 0 saturated carbocycles. The predicted octanol–water partition coefficient (Wildman–Crippen LogP) is 2.78. The van der Waals surface area contributed by atoms with Crippen LogP contribution in [0.3, 0.4) is 0 Å². The van der Waals surface area contributed by atoms with Crippen LogP contribution in [0.1, 0.15) is 22.8 Å². The largest absolute Gasteiger partial charge is 0.497 e. The highest BCUT2D eigenvalue weighted by Crippen LogP contribution is 2.24. The van der Waals surface area contributed by atoms with Gasteiger partial charge in [-0.25, -0.2) is 0 Å². The number of aryl methyl sites for hydroxylation is 1. The van der Waals surface area contributed by atoms with Gasteiger partial charge in [0, 0.05) is 0 Å². The van der Waals surface area contributed by atoms with Crippen molar-refractivity contribution in [2.75, 3.05) is 26.9 Å². The van der Waals surface area contributed by atoms with E-state index in [1.807, 2.05) is 31.2 Å². The molecule has 0 bridgehead atoms. The molecule has 0 atom stereocenters. The highest BCUT2D eigenvalue weighted by atomic mass is 16.5. The summed E-state index contributed by atoms with van der Waals surface area (Å²) in [6.07, 6.45) is 0. The first-order valence-corrected chi connectivity index (χ1v) is 8.27. The lowest BCUT2D eigenvalue weighted by atomic mass is 10.1. The lowest BCUT2D eigenvalue weighted by Crippen LogP contribution is -2.32. The fraction of sp³-hybridized carbons (Fsp3) is 0.300. The third-order valence-electron chi connectivity index (χ3n) is 3.61. The van der Waals surface area contributed by atoms with E-state index in [2.05, 4.69) is 5.32 Å². The standard InChI is InChI=1S/C20H23NO5/c1-14-5-4-6-17(11-14)25-10-9-21-20(23)13-26-19-8-7-16(24-3)12-18(19)15(2)22/h4-8,11-12H,9-10,13H2,1-3H3,(H,21,23). The first kappa shape index (κ1) is 19.3. The van der Waals surface area contributed by atoms with E-state index in [4.69, 9.17) is 14.2 Å². The number of carbonyl (C=O) groups excluding carboxylic acids is 2. The van der Waals surface area contributed by atoms with E-state index in [1.54, 1.807) is 18.2 Å². The van der Waals surface area contributed by atoms with Crippen LogP contribution in [-0.2, 0) is 4.79 Å². The van der Waals surface area contributed by atoms with Gasteiger partial charge in [-0.1, -0.05) is 12.1 Å². The van der Waals surface area contributed by atoms with E-state index in [-0.39, 0.29) is 18.3 Å². The Balaban J connectivity index is 1.77. The molecule has 6 nitrogen and oxygen atoms in total. The maximum absolute atomic E-state index is 11.9. The fourth-order valence-corrected chi connectivity index (χ4v) is 2.30. The van der Waals surface area contributed by atoms with Crippen LogP contribution >= 0.6 is 0 Å². The van der Waals surface area contributed by atoms with Crippen molar-refractivity contribution in [1.29, 1.82) is 0 Å². The molecule has 2 aromatic carbocycles. The van der Waals surface area contributed by atoms with Crippen molar-refractivity contribution in [2.24, 2.45) is 0 Å². The van der Waals surface area contributed by atoms with E-state index < -0.39 is 0 Å². The molecular formula is C20H23NO5. The Morgan fingerprint density at radius 2 is 1.85 bits per heavy atom. The SMILES string of the molecule is COc1ccc(OCC(=O)NCCOc2cccc(C)c2)c(C(C)=O)c1. The second-order valence-corrected chi connectivity index (χ2v) is 5.72. The Labute approximate surface area is 153 Å². The summed E-state index contributed by atoms with van der Waals surface area (Å²) >= 11 is 0. The maximum atomic E-state index is 11.9. The van der Waals surface area contributed by atoms with Crippen LogP contribution in [0.5, 0.6) is 17.2 Å². The summed E-state index contributed by atoms with van der Waals surface area (Å²) in [5.41, 5.74) is 1.49. The Hall–Kier alpha value is -3.02. The molecular weight excluding hydrogens is 334 g/mol. The molecule has 0 aliphatic rings. The zero-order valence-electron chi connectivity index (χ0n) is 15.2. The molecule has 0 aliphatic carbocycles. The molecule has 2 rings (SSSR count). The monoisotopic (exact) mass is 357 g/mol. The Morgan fingerprint density at radius 1 is 1.04 bits per heavy atom. The van der Waals surface area contributed by atoms with E-state index in [0.29, 0.717) is 30.2 Å². The van der Waals surface area contributed by atoms with Gasteiger partial charge in [0.25, 0.3) is 5.91 Å². The van der Waals surface area contributed by atoms with Gasteiger partial charge in [0.1, 0.15) is 23.9 Å². The minimum atomic E-state index is -0.289. The minimum absolute atomic E-state index is 0.161. The second kappa shape index (κ2) is 9.46. The average molecular weight is 357 g/mol. The topological polar surface area (TPSA) is 73.9 Å². The zero-order valence-corrected chi connectivity index (χ0v) is 15.2. The molecule has 0 heterocycles. The molecule has 0 unspecified atom stereocenters. The summed E-state index contributed by atoms with van der Waals surface area (Å²) in [5, 5.41) is 2.71. The molecule has 0 aliphatic heterocycles. The van der Waals surface area contributed by atoms with Crippen LogP contribution in [0.15, 0.2) is 42.5 Å². The smallest absolute Gasteiger partial charge is 0.258 e. The van der Waals surface area contributed by atoms with Crippen LogP contribution < -0.4 is 19.5 Å². The quantitative estimate of drug-likeness (QED) is 0.552. The zero-order chi connectivity index (χ0) is 18.9. The number of nitrogens with one attached hydrogen (secondary N) is 1. The summed E-state index contributed by atoms with van der Waals surface area (Å²) in [6.45, 7) is 3.95. The van der Waals surface area contributed by atoms with E-state index >= 15 is 0 Å². The van der Waals surface area contributed by atoms with Gasteiger partial charge in [-0.2, -0.15) is 0 Å². The van der Waals surface area contributed by atoms with Crippen molar-refractivity contribution in [3.05, 3.63) is 53.6 Å². The van der Waals surface area contributed by atoms with Crippen LogP contribution in [0, 0.1) is 6.92 Å². The molecule has 26 heavy (non-hydrogen) atoms. The maximum Gasteiger partial charge on any atom is 0.258 e. The molecule has 6 heteroatoms. The minimum Gasteiger partial charge on any atom is -0.497 e. The number of rotatable bonds is 9. The molecule has 0 radical (unpaired) electrons. The molecule has 0 fully saturated rings. The summed E-state index contributed by atoms with van der Waals surface area (Å²) < 4.78 is 16.1. The number of hydrogen-bond donors (Lipinski definition) is 1. The summed E-state index contributed by atoms with van der Waals surface area (Å²) in [7, 11) is 1.52. The van der Waals surface area contributed by atoms with Crippen LogP contribution in [-0.4, -0.2) is 38.6 Å². The van der Waals surface area contributed by atoms with Crippen molar-refractivity contribution in [3.8, 4) is 17.2 Å². The number of carbonyl (C=O) groups is 2. The molecule has 1 amide bonds. The number of benzene rings is 2. The van der Waals surface area contributed by atoms with Gasteiger partial charge in [-0.15, -0.1) is 0 Å². The number of methoxy groups -OCH3 is 1. The van der Waals surface area contributed by atoms with Gasteiger partial charge in [0.2, 0.25) is 0 Å². The normalized spacial score (nSPS) is 10.1. The number of hydrogen-bond acceptors (Lipinski definition) is 5. The van der Waals surface area contributed by atoms with Crippen molar-refractivity contribution >= 4 is 11.7 Å². The molecule has 0 aromatic heterocycles. The Bertz CT molecular complexity index is 773. The summed E-state index contributed by atoms with van der Waals surface area (Å²) in [5.74, 6) is 1.22. The summed E-state index contributed by atoms with van der Waals surface area (Å²) in [6, 6.07) is 12.6. The number of ketones is 1. The van der Waals surface area contributed by atoms with Gasteiger partial charge >= 0.3 is 0 Å². The lowest BCUT2D eigenvalue weighted by Gasteiger charge is -2.12. The van der Waals surface area contributed by atoms with Crippen molar-refractivity contribution < 1.29 is 23.8 Å². The van der Waals surface area contributed by atoms with Crippen LogP contribution in [0.2, 0.25) is 0 Å². The third kappa shape index (κ3) is 5.81. The molecule has 2 aromatic rings. The van der Waals surface area contributed by atoms with Gasteiger partial charge in [-0.3, -0.25) is 9.59 Å². The van der Waals surface area contributed by atoms with Gasteiger partial charge < -0.3 is 19.5 Å². The molecule has 0 spiro atoms. The van der Waals surface area contributed by atoms with Crippen molar-refractivity contribution in [1.82, 2.24) is 5.32 Å². The van der Waals surface area contributed by atoms with Gasteiger partial charge in [0.15, 0.2) is 12.4 Å². The van der Waals surface area contributed by atoms with E-state index in [9.17, 15) is 9.59 Å². The first-order chi connectivity index (χ1) is 12.5. The van der Waals surface area contributed by atoms with Gasteiger partial charge in [0.05, 0.1) is 19.2 Å². The van der Waals surface area contributed by atoms with Crippen LogP contribution in [0.4, 0.5) is 0 Å². The van der Waals surface area contributed by atoms with E-state index in [1.165, 1.54) is 14.0 Å². The van der Waals surface area contributed by atoms with E-state index in [0.717, 1.165) is 11.3 Å². The highest BCUT2D eigenvalue weighted by molar-refractivity contribution is 5.97. The number of ether oxygens (including phenoxy) is 3. The lowest BCUT2D eigenvalue weighted by molar-refractivity contribution is -0.123. The Morgan fingerprint density at radius 3 is 2.54 bits per heavy atom. The molecule has 0 saturated heterocycles. The number of Topliss-reactive ketones (excluding diaryl/α,β-unsaturated/α-hetero) is 1. The summed E-state index contributed by atoms with van der Waals surface area (Å²) in [4.78, 5) is 23.6. The number of amides is 1. The van der Waals surface area contributed by atoms with Crippen LogP contribution in [0.25, 0.3) is 0 Å². The molecule has 1 N–H and O–H groups in total. The average Bonchev–Trinajstić information content (AvgIpc) is 2.63. The van der Waals surface area contributed by atoms with Crippen molar-refractivity contribution in [3.63, 3.8) is 0 Å². The van der Waals surface area contributed by atoms with Gasteiger partial charge in [-0.05, 0) is 49.7 Å². The van der Waals surface area contributed by atoms with Crippen molar-refractivity contribution in [2.45, 2.75) is 13.8 Å². The first-order valence-electron chi connectivity index (χ1n) is 8.27. The predicted molar refractivity (Wildman–Crippen MR) is 98.2 cm³/mol. The fourth-order valence-electron chi connectivity index (χ4n) is 2.30. The Kier molecular flexibility index (Phi) is 7.02. The molecule has 138 valence electrons.